The Kier molecular flexibility index (Phi) is 10.6. The van der Waals surface area contributed by atoms with Gasteiger partial charge in [0.2, 0.25) is 17.7 Å². The summed E-state index contributed by atoms with van der Waals surface area (Å²) in [4.78, 5) is 39.6. The molecule has 1 aliphatic heterocycles. The molecule has 0 radical (unpaired) electrons. The largest absolute Gasteiger partial charge is 0.493 e. The highest BCUT2D eigenvalue weighted by Gasteiger charge is 2.44. The second kappa shape index (κ2) is 14.1. The van der Waals surface area contributed by atoms with Crippen molar-refractivity contribution in [1.29, 1.82) is 0 Å². The quantitative estimate of drug-likeness (QED) is 0.378. The van der Waals surface area contributed by atoms with Gasteiger partial charge in [-0.15, -0.1) is 0 Å². The lowest BCUT2D eigenvalue weighted by Crippen LogP contribution is -2.56. The van der Waals surface area contributed by atoms with Gasteiger partial charge in [0.25, 0.3) is 0 Å². The van der Waals surface area contributed by atoms with E-state index in [0.29, 0.717) is 37.2 Å². The number of amides is 3. The molecule has 1 heterocycles. The lowest BCUT2D eigenvalue weighted by atomic mass is 9.97. The molecular formula is C32H43FN4O5. The van der Waals surface area contributed by atoms with E-state index in [2.05, 4.69) is 35.8 Å². The van der Waals surface area contributed by atoms with Crippen LogP contribution in [0.15, 0.2) is 42.5 Å². The number of aryl methyl sites for hydroxylation is 1. The lowest BCUT2D eigenvalue weighted by Gasteiger charge is -2.31. The first-order valence-corrected chi connectivity index (χ1v) is 14.9. The van der Waals surface area contributed by atoms with Crippen molar-refractivity contribution in [3.05, 3.63) is 65.0 Å². The monoisotopic (exact) mass is 582 g/mol. The van der Waals surface area contributed by atoms with Crippen LogP contribution < -0.4 is 21.1 Å². The van der Waals surface area contributed by atoms with Crippen LogP contribution in [-0.2, 0) is 32.8 Å². The number of hydrogen-bond donors (Lipinski definition) is 4. The summed E-state index contributed by atoms with van der Waals surface area (Å²) in [5.74, 6) is -1.72. The number of rotatable bonds is 8. The molecule has 3 atom stereocenters. The van der Waals surface area contributed by atoms with Crippen molar-refractivity contribution in [3.63, 3.8) is 0 Å². The van der Waals surface area contributed by atoms with Crippen LogP contribution in [0.25, 0.3) is 0 Å². The molecule has 4 rings (SSSR count). The molecule has 2 aliphatic rings. The molecule has 228 valence electrons. The predicted octanol–water partition coefficient (Wildman–Crippen LogP) is 2.71. The number of carbonyl (C=O) groups excluding carboxylic acids is 3. The van der Waals surface area contributed by atoms with E-state index in [1.807, 2.05) is 6.07 Å². The summed E-state index contributed by atoms with van der Waals surface area (Å²) < 4.78 is 20.3. The van der Waals surface area contributed by atoms with Crippen molar-refractivity contribution in [1.82, 2.24) is 15.5 Å². The average molecular weight is 583 g/mol. The highest BCUT2D eigenvalue weighted by Crippen LogP contribution is 2.45. The van der Waals surface area contributed by atoms with Crippen molar-refractivity contribution in [2.75, 3.05) is 20.2 Å². The maximum atomic E-state index is 14.6. The minimum Gasteiger partial charge on any atom is -0.493 e. The topological polar surface area (TPSA) is 134 Å². The lowest BCUT2D eigenvalue weighted by molar-refractivity contribution is -0.141. The van der Waals surface area contributed by atoms with Crippen molar-refractivity contribution in [2.45, 2.75) is 88.4 Å². The Hall–Kier alpha value is -3.50. The summed E-state index contributed by atoms with van der Waals surface area (Å²) in [5, 5.41) is 17.8. The summed E-state index contributed by atoms with van der Waals surface area (Å²) in [6.07, 6.45) is 3.58. The van der Waals surface area contributed by atoms with E-state index < -0.39 is 35.8 Å². The molecule has 3 amide bonds. The Morgan fingerprint density at radius 3 is 2.71 bits per heavy atom. The number of benzene rings is 2. The van der Waals surface area contributed by atoms with E-state index in [0.717, 1.165) is 24.8 Å². The maximum Gasteiger partial charge on any atom is 0.243 e. The molecule has 5 N–H and O–H groups in total. The summed E-state index contributed by atoms with van der Waals surface area (Å²) in [6.45, 7) is 2.63. The van der Waals surface area contributed by atoms with Crippen LogP contribution in [-0.4, -0.2) is 66.1 Å². The molecule has 3 unspecified atom stereocenters. The number of aliphatic hydroxyl groups excluding tert-OH is 1. The predicted molar refractivity (Wildman–Crippen MR) is 157 cm³/mol. The number of primary amides is 1. The third-order valence-corrected chi connectivity index (χ3v) is 8.33. The number of nitrogens with one attached hydrogen (secondary N) is 2. The molecule has 42 heavy (non-hydrogen) atoms. The van der Waals surface area contributed by atoms with Crippen LogP contribution >= 0.6 is 0 Å². The van der Waals surface area contributed by atoms with E-state index in [4.69, 9.17) is 10.5 Å². The van der Waals surface area contributed by atoms with Gasteiger partial charge in [-0.1, -0.05) is 31.2 Å². The molecule has 0 saturated heterocycles. The van der Waals surface area contributed by atoms with Crippen molar-refractivity contribution >= 4 is 17.7 Å². The number of halogens is 1. The summed E-state index contributed by atoms with van der Waals surface area (Å²) in [7, 11) is 1.48. The molecule has 2 bridgehead atoms. The van der Waals surface area contributed by atoms with Crippen LogP contribution in [0.1, 0.15) is 68.6 Å². The van der Waals surface area contributed by atoms with Gasteiger partial charge in [0, 0.05) is 31.6 Å². The summed E-state index contributed by atoms with van der Waals surface area (Å²) in [6, 6.07) is 10.8. The third-order valence-electron chi connectivity index (χ3n) is 8.33. The van der Waals surface area contributed by atoms with Crippen LogP contribution in [0.2, 0.25) is 0 Å². The molecule has 2 aromatic rings. The van der Waals surface area contributed by atoms with E-state index in [-0.39, 0.29) is 37.3 Å². The normalized spacial score (nSPS) is 22.1. The van der Waals surface area contributed by atoms with Gasteiger partial charge in [-0.05, 0) is 73.8 Å². The van der Waals surface area contributed by atoms with Gasteiger partial charge >= 0.3 is 0 Å². The molecule has 9 nitrogen and oxygen atoms in total. The first kappa shape index (κ1) is 31.4. The van der Waals surface area contributed by atoms with Crippen molar-refractivity contribution in [3.8, 4) is 5.75 Å². The number of fused-ring (bicyclic) bond motifs is 2. The number of nitrogens with zero attached hydrogens (tertiary/aromatic N) is 1. The maximum absolute atomic E-state index is 14.6. The van der Waals surface area contributed by atoms with Crippen LogP contribution in [0, 0.1) is 5.82 Å². The van der Waals surface area contributed by atoms with E-state index in [1.165, 1.54) is 29.6 Å². The first-order chi connectivity index (χ1) is 20.1. The van der Waals surface area contributed by atoms with E-state index in [9.17, 15) is 23.9 Å². The molecule has 0 aromatic heterocycles. The Balaban J connectivity index is 1.59. The number of carbonyl (C=O) groups is 3. The first-order valence-electron chi connectivity index (χ1n) is 14.9. The second-order valence-electron chi connectivity index (χ2n) is 11.5. The zero-order valence-corrected chi connectivity index (χ0v) is 24.5. The van der Waals surface area contributed by atoms with Crippen molar-refractivity contribution in [2.24, 2.45) is 5.73 Å². The molecule has 1 saturated carbocycles. The fraction of sp³-hybridized carbons (Fsp3) is 0.531. The Bertz CT molecular complexity index is 1270. The summed E-state index contributed by atoms with van der Waals surface area (Å²) in [5.41, 5.74) is 8.12. The third kappa shape index (κ3) is 8.29. The molecule has 10 heteroatoms. The molecular weight excluding hydrogens is 539 g/mol. The SMILES string of the molecule is CCc1cccc(C2(NCC(O)C3Cc4cc(F)cc(c4)OCCCCCC(=O)N(C)C(CC(N)=O)C(=O)N3)CC2)c1. The van der Waals surface area contributed by atoms with Gasteiger partial charge in [-0.25, -0.2) is 4.39 Å². The summed E-state index contributed by atoms with van der Waals surface area (Å²) >= 11 is 0. The van der Waals surface area contributed by atoms with E-state index in [1.54, 1.807) is 6.07 Å². The average Bonchev–Trinajstić information content (AvgIpc) is 3.76. The highest BCUT2D eigenvalue weighted by molar-refractivity contribution is 5.91. The fourth-order valence-corrected chi connectivity index (χ4v) is 5.55. The van der Waals surface area contributed by atoms with E-state index >= 15 is 0 Å². The van der Waals surface area contributed by atoms with Crippen LogP contribution in [0.3, 0.4) is 0 Å². The number of nitrogens with two attached hydrogens (primary N) is 1. The standard InChI is InChI=1S/C32H43FN4O5/c1-3-21-8-7-9-23(14-21)32(11-12-32)35-20-28(38)26-17-22-15-24(33)18-25(16-22)42-13-6-4-5-10-30(40)37(2)27(19-29(34)39)31(41)36-26/h7-9,14-16,18,26-28,35,38H,3-6,10-13,17,19-20H2,1-2H3,(H2,34,39)(H,36,41). The van der Waals surface area contributed by atoms with Gasteiger partial charge in [-0.3, -0.25) is 14.4 Å². The Morgan fingerprint density at radius 2 is 2.00 bits per heavy atom. The van der Waals surface area contributed by atoms with Gasteiger partial charge in [0.1, 0.15) is 17.6 Å². The smallest absolute Gasteiger partial charge is 0.243 e. The molecule has 2 aromatic carbocycles. The zero-order valence-electron chi connectivity index (χ0n) is 24.5. The zero-order chi connectivity index (χ0) is 30.3. The van der Waals surface area contributed by atoms with Gasteiger partial charge in [-0.2, -0.15) is 0 Å². The van der Waals surface area contributed by atoms with Crippen LogP contribution in [0.5, 0.6) is 5.75 Å². The van der Waals surface area contributed by atoms with Crippen LogP contribution in [0.4, 0.5) is 4.39 Å². The van der Waals surface area contributed by atoms with Gasteiger partial charge in [0.05, 0.1) is 25.2 Å². The molecule has 1 fully saturated rings. The number of likely N-dealkylation sites (N-methyl/N-ethyl adjacent to an activating group) is 1. The molecule has 0 spiro atoms. The van der Waals surface area contributed by atoms with Gasteiger partial charge in [0.15, 0.2) is 0 Å². The Morgan fingerprint density at radius 1 is 1.21 bits per heavy atom. The van der Waals surface area contributed by atoms with Gasteiger partial charge < -0.3 is 31.1 Å². The number of aliphatic hydroxyl groups is 1. The fourth-order valence-electron chi connectivity index (χ4n) is 5.55. The molecule has 1 aliphatic carbocycles. The van der Waals surface area contributed by atoms with Crippen molar-refractivity contribution < 1.29 is 28.6 Å². The second-order valence-corrected chi connectivity index (χ2v) is 11.5. The number of ether oxygens (including phenoxy) is 1. The number of hydrogen-bond acceptors (Lipinski definition) is 6. The highest BCUT2D eigenvalue weighted by atomic mass is 19.1. The minimum absolute atomic E-state index is 0.0992. The Labute approximate surface area is 247 Å². The minimum atomic E-state index is -1.14.